The van der Waals surface area contributed by atoms with Crippen LogP contribution in [0.4, 0.5) is 15.8 Å². The maximum atomic E-state index is 13.4. The Hall–Kier alpha value is -3.33. The van der Waals surface area contributed by atoms with Gasteiger partial charge in [0.2, 0.25) is 5.91 Å². The molecule has 1 N–H and O–H groups in total. The van der Waals surface area contributed by atoms with Gasteiger partial charge in [0.05, 0.1) is 10.7 Å². The number of benzene rings is 2. The van der Waals surface area contributed by atoms with E-state index in [1.54, 1.807) is 24.3 Å². The van der Waals surface area contributed by atoms with E-state index in [0.29, 0.717) is 5.69 Å². The molecule has 0 aromatic heterocycles. The molecule has 2 atom stereocenters. The van der Waals surface area contributed by atoms with Crippen LogP contribution in [-0.4, -0.2) is 41.4 Å². The number of halogens is 2. The Kier molecular flexibility index (Phi) is 4.52. The summed E-state index contributed by atoms with van der Waals surface area (Å²) in [5.41, 5.74) is 0.733. The van der Waals surface area contributed by atoms with Gasteiger partial charge in [-0.25, -0.2) is 9.29 Å². The predicted octanol–water partition coefficient (Wildman–Crippen LogP) is 2.41. The van der Waals surface area contributed by atoms with Gasteiger partial charge in [0.1, 0.15) is 12.4 Å². The minimum absolute atomic E-state index is 0.139. The molecule has 2 aliphatic heterocycles. The number of para-hydroxylation sites is 1. The molecule has 2 heterocycles. The number of carbonyl (C=O) groups excluding carboxylic acids is 3. The molecule has 28 heavy (non-hydrogen) atoms. The zero-order chi connectivity index (χ0) is 19.8. The van der Waals surface area contributed by atoms with E-state index in [1.807, 2.05) is 6.07 Å². The predicted molar refractivity (Wildman–Crippen MR) is 98.1 cm³/mol. The molecule has 142 valence electrons. The number of nitrogens with zero attached hydrogens (tertiary/aromatic N) is 4. The summed E-state index contributed by atoms with van der Waals surface area (Å²) in [6, 6.07) is 10.2. The average molecular weight is 402 g/mol. The minimum Gasteiger partial charge on any atom is -0.324 e. The SMILES string of the molecule is O=C(CN1N=N[C@@H]2C(=O)N(c3ccc(F)c(Cl)c3)C(=O)[C@H]21)Nc1ccccc1. The second-order valence-electron chi connectivity index (χ2n) is 6.22. The van der Waals surface area contributed by atoms with Crippen LogP contribution < -0.4 is 10.2 Å². The fourth-order valence-corrected chi connectivity index (χ4v) is 3.28. The number of hydrogen-bond donors (Lipinski definition) is 1. The van der Waals surface area contributed by atoms with Crippen molar-refractivity contribution in [1.82, 2.24) is 5.01 Å². The number of fused-ring (bicyclic) bond motifs is 1. The van der Waals surface area contributed by atoms with Gasteiger partial charge in [0, 0.05) is 5.69 Å². The summed E-state index contributed by atoms with van der Waals surface area (Å²) in [5, 5.41) is 11.3. The molecule has 2 aliphatic rings. The molecule has 0 spiro atoms. The van der Waals surface area contributed by atoms with Gasteiger partial charge in [-0.15, -0.1) is 0 Å². The minimum atomic E-state index is -1.05. The summed E-state index contributed by atoms with van der Waals surface area (Å²) < 4.78 is 13.4. The lowest BCUT2D eigenvalue weighted by Crippen LogP contribution is -2.43. The zero-order valence-electron chi connectivity index (χ0n) is 14.3. The van der Waals surface area contributed by atoms with E-state index in [4.69, 9.17) is 11.6 Å². The van der Waals surface area contributed by atoms with E-state index in [0.717, 1.165) is 11.0 Å². The molecule has 0 bridgehead atoms. The van der Waals surface area contributed by atoms with Gasteiger partial charge in [-0.3, -0.25) is 19.4 Å². The van der Waals surface area contributed by atoms with Crippen molar-refractivity contribution in [2.75, 3.05) is 16.8 Å². The van der Waals surface area contributed by atoms with Crippen LogP contribution in [0, 0.1) is 5.82 Å². The maximum absolute atomic E-state index is 13.4. The van der Waals surface area contributed by atoms with Crippen LogP contribution in [0.25, 0.3) is 0 Å². The second-order valence-corrected chi connectivity index (χ2v) is 6.62. The number of rotatable bonds is 4. The molecule has 10 heteroatoms. The van der Waals surface area contributed by atoms with Gasteiger partial charge in [0.15, 0.2) is 12.1 Å². The van der Waals surface area contributed by atoms with Crippen molar-refractivity contribution in [2.45, 2.75) is 12.1 Å². The molecule has 0 saturated carbocycles. The molecule has 0 unspecified atom stereocenters. The monoisotopic (exact) mass is 401 g/mol. The number of anilines is 2. The van der Waals surface area contributed by atoms with Crippen molar-refractivity contribution in [3.05, 3.63) is 59.4 Å². The summed E-state index contributed by atoms with van der Waals surface area (Å²) >= 11 is 5.75. The van der Waals surface area contributed by atoms with Crippen LogP contribution in [0.15, 0.2) is 58.9 Å². The smallest absolute Gasteiger partial charge is 0.263 e. The number of nitrogens with one attached hydrogen (secondary N) is 1. The fourth-order valence-electron chi connectivity index (χ4n) is 3.10. The Labute approximate surface area is 163 Å². The zero-order valence-corrected chi connectivity index (χ0v) is 15.0. The van der Waals surface area contributed by atoms with Crippen molar-refractivity contribution in [3.8, 4) is 0 Å². The highest BCUT2D eigenvalue weighted by molar-refractivity contribution is 6.32. The van der Waals surface area contributed by atoms with E-state index in [9.17, 15) is 18.8 Å². The summed E-state index contributed by atoms with van der Waals surface area (Å²) in [7, 11) is 0. The molecule has 1 fully saturated rings. The number of imide groups is 1. The fraction of sp³-hybridized carbons (Fsp3) is 0.167. The highest BCUT2D eigenvalue weighted by Gasteiger charge is 2.55. The van der Waals surface area contributed by atoms with Crippen molar-refractivity contribution in [3.63, 3.8) is 0 Å². The first-order chi connectivity index (χ1) is 13.5. The molecule has 1 saturated heterocycles. The third kappa shape index (κ3) is 3.09. The van der Waals surface area contributed by atoms with Crippen molar-refractivity contribution >= 4 is 40.7 Å². The van der Waals surface area contributed by atoms with Crippen LogP contribution in [-0.2, 0) is 14.4 Å². The Morgan fingerprint density at radius 1 is 1.14 bits per heavy atom. The second kappa shape index (κ2) is 7.01. The molecular weight excluding hydrogens is 389 g/mol. The van der Waals surface area contributed by atoms with E-state index in [1.165, 1.54) is 17.1 Å². The van der Waals surface area contributed by atoms with Crippen LogP contribution in [0.2, 0.25) is 5.02 Å². The van der Waals surface area contributed by atoms with Crippen LogP contribution in [0.1, 0.15) is 0 Å². The van der Waals surface area contributed by atoms with Crippen LogP contribution >= 0.6 is 11.6 Å². The standard InChI is InChI=1S/C18H13ClFN5O3/c19-12-8-11(6-7-13(12)20)25-17(27)15-16(18(25)28)24(23-22-15)9-14(26)21-10-4-2-1-3-5-10/h1-8,15-16H,9H2,(H,21,26)/t15-,16-/m0/s1. The lowest BCUT2D eigenvalue weighted by molar-refractivity contribution is -0.123. The number of amides is 3. The average Bonchev–Trinajstić information content (AvgIpc) is 3.18. The molecule has 3 amide bonds. The number of carbonyl (C=O) groups is 3. The van der Waals surface area contributed by atoms with Gasteiger partial charge < -0.3 is 5.32 Å². The van der Waals surface area contributed by atoms with Gasteiger partial charge in [-0.2, -0.15) is 5.11 Å². The Bertz CT molecular complexity index is 1000. The Balaban J connectivity index is 1.51. The van der Waals surface area contributed by atoms with Crippen molar-refractivity contribution in [2.24, 2.45) is 10.3 Å². The summed E-state index contributed by atoms with van der Waals surface area (Å²) in [6.07, 6.45) is 0. The quantitative estimate of drug-likeness (QED) is 0.796. The lowest BCUT2D eigenvalue weighted by Gasteiger charge is -2.20. The third-order valence-corrected chi connectivity index (χ3v) is 4.67. The highest BCUT2D eigenvalue weighted by Crippen LogP contribution is 2.33. The summed E-state index contributed by atoms with van der Waals surface area (Å²) in [5.74, 6) is -2.28. The number of hydrogen-bond acceptors (Lipinski definition) is 6. The highest BCUT2D eigenvalue weighted by atomic mass is 35.5. The normalized spacial score (nSPS) is 20.6. The summed E-state index contributed by atoms with van der Waals surface area (Å²) in [6.45, 7) is -0.253. The topological polar surface area (TPSA) is 94.4 Å². The van der Waals surface area contributed by atoms with Crippen molar-refractivity contribution < 1.29 is 18.8 Å². The lowest BCUT2D eigenvalue weighted by atomic mass is 10.1. The van der Waals surface area contributed by atoms with E-state index < -0.39 is 35.6 Å². The molecule has 0 radical (unpaired) electrons. The Morgan fingerprint density at radius 3 is 2.61 bits per heavy atom. The molecule has 0 aliphatic carbocycles. The van der Waals surface area contributed by atoms with Crippen molar-refractivity contribution in [1.29, 1.82) is 0 Å². The first-order valence-corrected chi connectivity index (χ1v) is 8.68. The van der Waals surface area contributed by atoms with Gasteiger partial charge in [0.25, 0.3) is 11.8 Å². The van der Waals surface area contributed by atoms with Gasteiger partial charge >= 0.3 is 0 Å². The summed E-state index contributed by atoms with van der Waals surface area (Å²) in [4.78, 5) is 38.6. The van der Waals surface area contributed by atoms with Gasteiger partial charge in [-0.05, 0) is 30.3 Å². The molecule has 2 aromatic rings. The van der Waals surface area contributed by atoms with E-state index >= 15 is 0 Å². The third-order valence-electron chi connectivity index (χ3n) is 4.38. The Morgan fingerprint density at radius 2 is 1.89 bits per heavy atom. The van der Waals surface area contributed by atoms with Gasteiger partial charge in [-0.1, -0.05) is 35.0 Å². The largest absolute Gasteiger partial charge is 0.324 e. The van der Waals surface area contributed by atoms with E-state index in [2.05, 4.69) is 15.7 Å². The molecular formula is C18H13ClFN5O3. The van der Waals surface area contributed by atoms with Crippen LogP contribution in [0.3, 0.4) is 0 Å². The van der Waals surface area contributed by atoms with E-state index in [-0.39, 0.29) is 17.3 Å². The molecule has 2 aromatic carbocycles. The first-order valence-electron chi connectivity index (χ1n) is 8.31. The first kappa shape index (κ1) is 18.1. The maximum Gasteiger partial charge on any atom is 0.263 e. The van der Waals surface area contributed by atoms with Crippen LogP contribution in [0.5, 0.6) is 0 Å². The molecule has 4 rings (SSSR count). The molecule has 8 nitrogen and oxygen atoms in total.